The van der Waals surface area contributed by atoms with Crippen molar-refractivity contribution in [2.24, 2.45) is 0 Å². The van der Waals surface area contributed by atoms with Crippen molar-refractivity contribution < 1.29 is 0 Å². The Hall–Kier alpha value is -1.19. The molecule has 0 atom stereocenters. The molecule has 0 amide bonds. The molecule has 0 aliphatic rings. The molecule has 0 saturated carbocycles. The van der Waals surface area contributed by atoms with Crippen LogP contribution in [0.2, 0.25) is 0 Å². The maximum absolute atomic E-state index is 13.3. The Morgan fingerprint density at radius 3 is 2.16 bits per heavy atom. The van der Waals surface area contributed by atoms with Gasteiger partial charge in [0.15, 0.2) is 5.43 Å². The maximum atomic E-state index is 13.3. The summed E-state index contributed by atoms with van der Waals surface area (Å²) in [5.74, 6) is 0. The van der Waals surface area contributed by atoms with Crippen LogP contribution in [0.25, 0.3) is 20.2 Å². The third-order valence-electron chi connectivity index (χ3n) is 4.66. The van der Waals surface area contributed by atoms with Gasteiger partial charge in [-0.3, -0.25) is 4.79 Å². The summed E-state index contributed by atoms with van der Waals surface area (Å²) in [7, 11) is 0. The Morgan fingerprint density at radius 2 is 1.60 bits per heavy atom. The molecule has 25 heavy (non-hydrogen) atoms. The highest BCUT2D eigenvalue weighted by Crippen LogP contribution is 2.38. The van der Waals surface area contributed by atoms with Crippen molar-refractivity contribution in [1.82, 2.24) is 0 Å². The molecule has 3 rings (SSSR count). The van der Waals surface area contributed by atoms with Gasteiger partial charge < -0.3 is 0 Å². The number of benzene rings is 2. The van der Waals surface area contributed by atoms with Crippen LogP contribution in [0, 0.1) is 0 Å². The van der Waals surface area contributed by atoms with Gasteiger partial charge in [-0.25, -0.2) is 0 Å². The molecule has 0 bridgehead atoms. The van der Waals surface area contributed by atoms with Gasteiger partial charge in [0.25, 0.3) is 0 Å². The van der Waals surface area contributed by atoms with Crippen LogP contribution in [0.1, 0.15) is 58.2 Å². The summed E-state index contributed by atoms with van der Waals surface area (Å²) < 4.78 is 2.20. The summed E-state index contributed by atoms with van der Waals surface area (Å²) >= 11 is 5.24. The van der Waals surface area contributed by atoms with Crippen molar-refractivity contribution in [3.63, 3.8) is 0 Å². The number of fused-ring (bicyclic) bond motifs is 2. The van der Waals surface area contributed by atoms with Crippen LogP contribution >= 0.6 is 27.3 Å². The average molecular weight is 417 g/mol. The van der Waals surface area contributed by atoms with Crippen LogP contribution in [-0.4, -0.2) is 0 Å². The summed E-state index contributed by atoms with van der Waals surface area (Å²) in [6, 6.07) is 10.6. The summed E-state index contributed by atoms with van der Waals surface area (Å²) in [6.45, 7) is 13.3. The van der Waals surface area contributed by atoms with Crippen LogP contribution in [-0.2, 0) is 16.2 Å². The molecule has 0 unspecified atom stereocenters. The lowest BCUT2D eigenvalue weighted by molar-refractivity contribution is 0.573. The SMILES string of the molecule is CC(C)(C)c1cc(C(C)(C)C)c2sc3ccc(CBr)cc3c(=O)c2c1. The molecule has 0 aliphatic heterocycles. The minimum Gasteiger partial charge on any atom is -0.289 e. The summed E-state index contributed by atoms with van der Waals surface area (Å²) in [4.78, 5) is 13.3. The van der Waals surface area contributed by atoms with Crippen molar-refractivity contribution in [3.8, 4) is 0 Å². The molecular formula is C22H25BrOS. The van der Waals surface area contributed by atoms with E-state index < -0.39 is 0 Å². The van der Waals surface area contributed by atoms with Crippen LogP contribution in [0.4, 0.5) is 0 Å². The van der Waals surface area contributed by atoms with Gasteiger partial charge >= 0.3 is 0 Å². The van der Waals surface area contributed by atoms with Gasteiger partial charge in [0.2, 0.25) is 0 Å². The second-order valence-corrected chi connectivity index (χ2v) is 10.4. The molecule has 2 aromatic carbocycles. The van der Waals surface area contributed by atoms with Crippen LogP contribution in [0.3, 0.4) is 0 Å². The van der Waals surface area contributed by atoms with Gasteiger partial charge in [-0.1, -0.05) is 69.6 Å². The molecular weight excluding hydrogens is 392 g/mol. The average Bonchev–Trinajstić information content (AvgIpc) is 2.52. The Bertz CT molecular complexity index is 1020. The van der Waals surface area contributed by atoms with E-state index in [0.29, 0.717) is 0 Å². The molecule has 0 N–H and O–H groups in total. The Balaban J connectivity index is 2.52. The van der Waals surface area contributed by atoms with E-state index in [1.165, 1.54) is 11.1 Å². The fraction of sp³-hybridized carbons (Fsp3) is 0.409. The molecule has 0 spiro atoms. The van der Waals surface area contributed by atoms with Crippen LogP contribution < -0.4 is 5.43 Å². The zero-order chi connectivity index (χ0) is 18.6. The third-order valence-corrected chi connectivity index (χ3v) is 6.53. The van der Waals surface area contributed by atoms with E-state index in [2.05, 4.69) is 81.7 Å². The van der Waals surface area contributed by atoms with E-state index in [-0.39, 0.29) is 16.3 Å². The first-order chi connectivity index (χ1) is 11.5. The zero-order valence-electron chi connectivity index (χ0n) is 15.8. The van der Waals surface area contributed by atoms with Crippen molar-refractivity contribution in [1.29, 1.82) is 0 Å². The Labute approximate surface area is 162 Å². The van der Waals surface area contributed by atoms with Crippen molar-refractivity contribution in [2.45, 2.75) is 57.7 Å². The first kappa shape index (κ1) is 18.6. The first-order valence-electron chi connectivity index (χ1n) is 8.63. The summed E-state index contributed by atoms with van der Waals surface area (Å²) in [6.07, 6.45) is 0. The van der Waals surface area contributed by atoms with Gasteiger partial charge in [-0.2, -0.15) is 0 Å². The predicted molar refractivity (Wildman–Crippen MR) is 116 cm³/mol. The fourth-order valence-electron chi connectivity index (χ4n) is 3.08. The Kier molecular flexibility index (Phi) is 4.62. The molecule has 3 aromatic rings. The van der Waals surface area contributed by atoms with E-state index in [9.17, 15) is 4.79 Å². The summed E-state index contributed by atoms with van der Waals surface area (Å²) in [5, 5.41) is 2.46. The lowest BCUT2D eigenvalue weighted by atomic mass is 9.80. The third kappa shape index (κ3) is 3.41. The molecule has 1 heterocycles. The van der Waals surface area contributed by atoms with Gasteiger partial charge in [0.05, 0.1) is 0 Å². The molecule has 0 aliphatic carbocycles. The quantitative estimate of drug-likeness (QED) is 0.311. The Morgan fingerprint density at radius 1 is 0.920 bits per heavy atom. The fourth-order valence-corrected chi connectivity index (χ4v) is 4.78. The number of hydrogen-bond acceptors (Lipinski definition) is 2. The number of hydrogen-bond donors (Lipinski definition) is 0. The van der Waals surface area contributed by atoms with Crippen molar-refractivity contribution >= 4 is 47.4 Å². The van der Waals surface area contributed by atoms with Gasteiger partial charge in [-0.15, -0.1) is 11.3 Å². The number of alkyl halides is 1. The first-order valence-corrected chi connectivity index (χ1v) is 10.6. The minimum absolute atomic E-state index is 0.00801. The highest BCUT2D eigenvalue weighted by atomic mass is 79.9. The normalized spacial score (nSPS) is 12.9. The number of halogens is 1. The van der Waals surface area contributed by atoms with E-state index in [4.69, 9.17) is 0 Å². The molecule has 0 saturated heterocycles. The molecule has 1 aromatic heterocycles. The van der Waals surface area contributed by atoms with E-state index in [0.717, 1.165) is 31.1 Å². The van der Waals surface area contributed by atoms with Crippen molar-refractivity contribution in [3.05, 3.63) is 57.2 Å². The lowest BCUT2D eigenvalue weighted by Crippen LogP contribution is -2.18. The summed E-state index contributed by atoms with van der Waals surface area (Å²) in [5.41, 5.74) is 3.79. The monoisotopic (exact) mass is 416 g/mol. The molecule has 3 heteroatoms. The molecule has 132 valence electrons. The van der Waals surface area contributed by atoms with Crippen molar-refractivity contribution in [2.75, 3.05) is 0 Å². The maximum Gasteiger partial charge on any atom is 0.195 e. The standard InChI is InChI=1S/C22H25BrOS/c1-21(2,3)14-10-16-19(24)15-9-13(12-23)7-8-18(15)25-20(16)17(11-14)22(4,5)6/h7-11H,12H2,1-6H3. The van der Waals surface area contributed by atoms with Crippen LogP contribution in [0.5, 0.6) is 0 Å². The molecule has 0 fully saturated rings. The van der Waals surface area contributed by atoms with E-state index in [1.807, 2.05) is 6.07 Å². The zero-order valence-corrected chi connectivity index (χ0v) is 18.2. The predicted octanol–water partition coefficient (Wildman–Crippen LogP) is 6.90. The number of rotatable bonds is 1. The van der Waals surface area contributed by atoms with Crippen LogP contribution in [0.15, 0.2) is 35.1 Å². The largest absolute Gasteiger partial charge is 0.289 e. The van der Waals surface area contributed by atoms with Gasteiger partial charge in [0, 0.05) is 25.5 Å². The van der Waals surface area contributed by atoms with E-state index >= 15 is 0 Å². The second-order valence-electron chi connectivity index (χ2n) is 8.80. The second kappa shape index (κ2) is 6.21. The molecule has 0 radical (unpaired) electrons. The topological polar surface area (TPSA) is 17.1 Å². The van der Waals surface area contributed by atoms with Gasteiger partial charge in [0.1, 0.15) is 0 Å². The molecule has 1 nitrogen and oxygen atoms in total. The lowest BCUT2D eigenvalue weighted by Gasteiger charge is -2.26. The highest BCUT2D eigenvalue weighted by molar-refractivity contribution is 9.08. The van der Waals surface area contributed by atoms with E-state index in [1.54, 1.807) is 11.3 Å². The van der Waals surface area contributed by atoms with Gasteiger partial charge in [-0.05, 0) is 45.7 Å². The highest BCUT2D eigenvalue weighted by Gasteiger charge is 2.24. The smallest absolute Gasteiger partial charge is 0.195 e. The minimum atomic E-state index is -0.00801.